The van der Waals surface area contributed by atoms with Gasteiger partial charge in [0.15, 0.2) is 0 Å². The lowest BCUT2D eigenvalue weighted by molar-refractivity contribution is -0.190. The molecule has 0 aromatic heterocycles. The zero-order valence-corrected chi connectivity index (χ0v) is 32.6. The van der Waals surface area contributed by atoms with E-state index in [9.17, 15) is 24.3 Å². The summed E-state index contributed by atoms with van der Waals surface area (Å²) in [6.45, 7) is 7.75. The van der Waals surface area contributed by atoms with E-state index >= 15 is 0 Å². The van der Waals surface area contributed by atoms with E-state index in [2.05, 4.69) is 10.2 Å². The fourth-order valence-corrected chi connectivity index (χ4v) is 9.06. The van der Waals surface area contributed by atoms with Crippen molar-refractivity contribution in [2.75, 3.05) is 65.5 Å². The Morgan fingerprint density at radius 1 is 0.836 bits per heavy atom. The number of carbonyl (C=O) groups is 4. The Bertz CT molecular complexity index is 1900. The Kier molecular flexibility index (Phi) is 11.7. The molecule has 5 aliphatic rings. The summed E-state index contributed by atoms with van der Waals surface area (Å²) in [7, 11) is 0. The smallest absolute Gasteiger partial charge is 0.343 e. The van der Waals surface area contributed by atoms with Gasteiger partial charge in [-0.15, -0.1) is 0 Å². The largest absolute Gasteiger partial charge is 0.494 e. The molecule has 0 radical (unpaired) electrons. The summed E-state index contributed by atoms with van der Waals surface area (Å²) in [5.74, 6) is -0.920. The van der Waals surface area contributed by atoms with Crippen LogP contribution in [0.25, 0.3) is 0 Å². The predicted octanol–water partition coefficient (Wildman–Crippen LogP) is 5.49. The molecule has 0 spiro atoms. The quantitative estimate of drug-likeness (QED) is 0.260. The minimum absolute atomic E-state index is 0.0453. The van der Waals surface area contributed by atoms with Gasteiger partial charge in [-0.05, 0) is 93.2 Å². The number of likely N-dealkylation sites (tertiary alicyclic amines) is 2. The van der Waals surface area contributed by atoms with Crippen LogP contribution >= 0.6 is 23.2 Å². The van der Waals surface area contributed by atoms with Crippen LogP contribution in [-0.4, -0.2) is 125 Å². The van der Waals surface area contributed by atoms with Crippen LogP contribution in [0.15, 0.2) is 72.8 Å². The number of hydrogen-bond donors (Lipinski definition) is 2. The third-order valence-electron chi connectivity index (χ3n) is 11.9. The first-order valence-electron chi connectivity index (χ1n) is 19.2. The minimum Gasteiger partial charge on any atom is -0.494 e. The van der Waals surface area contributed by atoms with Crippen molar-refractivity contribution >= 4 is 47.0 Å². The highest BCUT2D eigenvalue weighted by molar-refractivity contribution is 6.42. The lowest BCUT2D eigenvalue weighted by Crippen LogP contribution is -2.74. The van der Waals surface area contributed by atoms with Crippen molar-refractivity contribution in [2.24, 2.45) is 0 Å². The number of carbonyl (C=O) groups excluding carboxylic acids is 3. The van der Waals surface area contributed by atoms with Gasteiger partial charge in [-0.25, -0.2) is 19.6 Å². The van der Waals surface area contributed by atoms with Crippen molar-refractivity contribution in [3.8, 4) is 5.75 Å². The van der Waals surface area contributed by atoms with Gasteiger partial charge in [-0.3, -0.25) is 19.8 Å². The number of urea groups is 1. The Hall–Kier alpha value is -4.20. The third kappa shape index (κ3) is 7.93. The summed E-state index contributed by atoms with van der Waals surface area (Å²) in [4.78, 5) is 60.1. The molecule has 5 aliphatic heterocycles. The Morgan fingerprint density at radius 3 is 2.27 bits per heavy atom. The summed E-state index contributed by atoms with van der Waals surface area (Å²) in [5, 5.41) is 16.5. The summed E-state index contributed by atoms with van der Waals surface area (Å²) in [5.41, 5.74) is 1.08. The van der Waals surface area contributed by atoms with Crippen molar-refractivity contribution in [3.05, 3.63) is 99.5 Å². The summed E-state index contributed by atoms with van der Waals surface area (Å²) in [6.07, 6.45) is 2.15. The monoisotopic (exact) mass is 790 g/mol. The maximum atomic E-state index is 14.3. The van der Waals surface area contributed by atoms with Crippen LogP contribution in [-0.2, 0) is 20.4 Å². The third-order valence-corrected chi connectivity index (χ3v) is 12.7. The standard InChI is InChI=1S/C41H48Cl2N6O6/c1-2-25-55-32-10-6-7-29(26-32)36(50)47-20-14-40(28-47,31-11-12-33(42)34(43)27-31)13-17-45-18-15-41(16-19-45,30-8-4-3-5-9-30)38(53)44-39(54)49-35(37(51)52)46-21-23-48(49)24-22-46/h3-12,26-27,35H,2,13-25,28H2,1H3,(H,51,52)(H,44,53,54). The number of benzene rings is 3. The first kappa shape index (κ1) is 39.1. The van der Waals surface area contributed by atoms with Crippen molar-refractivity contribution < 1.29 is 29.0 Å². The van der Waals surface area contributed by atoms with E-state index in [0.717, 1.165) is 30.4 Å². The Morgan fingerprint density at radius 2 is 1.58 bits per heavy atom. The first-order chi connectivity index (χ1) is 26.5. The zero-order chi connectivity index (χ0) is 38.7. The number of aliphatic carboxylic acids is 1. The van der Waals surface area contributed by atoms with Crippen LogP contribution in [0.4, 0.5) is 4.79 Å². The van der Waals surface area contributed by atoms with E-state index in [0.29, 0.717) is 99.7 Å². The second kappa shape index (κ2) is 16.5. The second-order valence-electron chi connectivity index (χ2n) is 15.1. The minimum atomic E-state index is -1.15. The van der Waals surface area contributed by atoms with E-state index in [1.165, 1.54) is 5.01 Å². The van der Waals surface area contributed by atoms with Gasteiger partial charge < -0.3 is 19.6 Å². The number of nitrogens with one attached hydrogen (secondary N) is 1. The maximum absolute atomic E-state index is 14.3. The highest BCUT2D eigenvalue weighted by atomic mass is 35.5. The molecule has 3 aromatic rings. The van der Waals surface area contributed by atoms with Gasteiger partial charge in [-0.1, -0.05) is 72.6 Å². The molecule has 5 fully saturated rings. The van der Waals surface area contributed by atoms with Crippen LogP contribution in [0.3, 0.4) is 0 Å². The number of hydrogen-bond acceptors (Lipinski definition) is 8. The van der Waals surface area contributed by atoms with Gasteiger partial charge in [0.1, 0.15) is 5.75 Å². The van der Waals surface area contributed by atoms with Gasteiger partial charge in [-0.2, -0.15) is 0 Å². The topological polar surface area (TPSA) is 126 Å². The number of hydrazine groups is 1. The zero-order valence-electron chi connectivity index (χ0n) is 31.1. The van der Waals surface area contributed by atoms with Crippen molar-refractivity contribution in [1.29, 1.82) is 0 Å². The van der Waals surface area contributed by atoms with E-state index in [4.69, 9.17) is 27.9 Å². The van der Waals surface area contributed by atoms with Crippen molar-refractivity contribution in [2.45, 2.75) is 56.0 Å². The molecular formula is C41H48Cl2N6O6. The fourth-order valence-electron chi connectivity index (χ4n) is 8.77. The average Bonchev–Trinajstić information content (AvgIpc) is 3.66. The molecule has 2 unspecified atom stereocenters. The Labute approximate surface area is 331 Å². The number of piperazine rings is 1. The number of amides is 4. The molecule has 12 nitrogen and oxygen atoms in total. The van der Waals surface area contributed by atoms with Crippen molar-refractivity contribution in [1.82, 2.24) is 30.0 Å². The van der Waals surface area contributed by atoms with Crippen LogP contribution in [0.2, 0.25) is 10.0 Å². The molecule has 4 amide bonds. The van der Waals surface area contributed by atoms with Crippen molar-refractivity contribution in [3.63, 3.8) is 0 Å². The molecule has 8 rings (SSSR count). The molecule has 0 saturated carbocycles. The number of fused-ring (bicyclic) bond motifs is 3. The Balaban J connectivity index is 1.06. The number of piperidine rings is 1. The second-order valence-corrected chi connectivity index (χ2v) is 15.9. The molecule has 55 heavy (non-hydrogen) atoms. The molecule has 2 atom stereocenters. The molecule has 2 N–H and O–H groups in total. The molecule has 3 aromatic carbocycles. The van der Waals surface area contributed by atoms with Gasteiger partial charge in [0.25, 0.3) is 5.91 Å². The van der Waals surface area contributed by atoms with Crippen LogP contribution < -0.4 is 10.1 Å². The molecule has 2 bridgehead atoms. The lowest BCUT2D eigenvalue weighted by atomic mass is 9.71. The molecule has 0 aliphatic carbocycles. The van der Waals surface area contributed by atoms with E-state index in [1.54, 1.807) is 9.91 Å². The molecule has 14 heteroatoms. The van der Waals surface area contributed by atoms with Gasteiger partial charge in [0, 0.05) is 50.2 Å². The summed E-state index contributed by atoms with van der Waals surface area (Å²) < 4.78 is 5.80. The number of nitrogens with zero attached hydrogens (tertiary/aromatic N) is 5. The molecule has 5 saturated heterocycles. The normalized spacial score (nSPS) is 24.7. The maximum Gasteiger partial charge on any atom is 0.343 e. The van der Waals surface area contributed by atoms with Gasteiger partial charge >= 0.3 is 12.0 Å². The van der Waals surface area contributed by atoms with Crippen LogP contribution in [0, 0.1) is 0 Å². The van der Waals surface area contributed by atoms with Crippen LogP contribution in [0.5, 0.6) is 5.75 Å². The molecule has 5 heterocycles. The number of rotatable bonds is 11. The summed E-state index contributed by atoms with van der Waals surface area (Å²) >= 11 is 12.9. The fraction of sp³-hybridized carbons (Fsp3) is 0.463. The highest BCUT2D eigenvalue weighted by Gasteiger charge is 2.49. The molecule has 292 valence electrons. The van der Waals surface area contributed by atoms with Gasteiger partial charge in [0.2, 0.25) is 12.1 Å². The highest BCUT2D eigenvalue weighted by Crippen LogP contribution is 2.42. The van der Waals surface area contributed by atoms with Gasteiger partial charge in [0.05, 0.1) is 22.1 Å². The number of ether oxygens (including phenoxy) is 1. The van der Waals surface area contributed by atoms with E-state index in [1.807, 2.05) is 84.6 Å². The van der Waals surface area contributed by atoms with Crippen LogP contribution in [0.1, 0.15) is 60.5 Å². The number of imide groups is 1. The molecular weight excluding hydrogens is 743 g/mol. The number of carboxylic acid groups (broad SMARTS) is 1. The lowest BCUT2D eigenvalue weighted by Gasteiger charge is -2.52. The number of carboxylic acids is 1. The predicted molar refractivity (Wildman–Crippen MR) is 209 cm³/mol. The van der Waals surface area contributed by atoms with E-state index in [-0.39, 0.29) is 11.3 Å². The SMILES string of the molecule is CCCOc1cccc(C(=O)N2CCC(CCN3CCC(C(=O)NC(=O)N4C(C(=O)O)N5CCN4CC5)(c4ccccc4)CC3)(c3ccc(Cl)c(Cl)c3)C2)c1. The number of halogens is 2. The average molecular weight is 792 g/mol. The van der Waals surface area contributed by atoms with E-state index < -0.39 is 29.5 Å². The first-order valence-corrected chi connectivity index (χ1v) is 19.9. The summed E-state index contributed by atoms with van der Waals surface area (Å²) in [6, 6.07) is 21.9.